The van der Waals surface area contributed by atoms with Gasteiger partial charge in [0, 0.05) is 0 Å². The Morgan fingerprint density at radius 2 is 1.68 bits per heavy atom. The first-order valence-corrected chi connectivity index (χ1v) is 10.4. The number of aromatic amines is 1. The van der Waals surface area contributed by atoms with E-state index in [1.54, 1.807) is 20.8 Å². The highest BCUT2D eigenvalue weighted by molar-refractivity contribution is 6.05. The number of H-pyrrole nitrogens is 1. The number of rotatable bonds is 8. The standard InChI is InChI=1S/C23H32N4O4/c1-14(2)12-17(22(30)31-23(4,5)6)27-21(29)19-18(24-13-25-19)20(28)26-15(3)16-10-8-7-9-11-16/h7-11,13-15,17H,12H2,1-6H3,(H,24,25)(H,26,28)(H,27,29)/t15-,17+/m1/s1. The maximum absolute atomic E-state index is 12.9. The number of hydrogen-bond acceptors (Lipinski definition) is 5. The number of nitrogens with one attached hydrogen (secondary N) is 3. The SMILES string of the molecule is CC(C)C[C@H](NC(=O)c1[nH]cnc1C(=O)N[C@H](C)c1ccccc1)C(=O)OC(C)(C)C. The molecule has 0 saturated heterocycles. The molecule has 0 unspecified atom stereocenters. The van der Waals surface area contributed by atoms with Crippen molar-refractivity contribution in [2.24, 2.45) is 5.92 Å². The minimum absolute atomic E-state index is 0.00456. The Labute approximate surface area is 183 Å². The lowest BCUT2D eigenvalue weighted by atomic mass is 10.0. The number of benzene rings is 1. The molecule has 8 heteroatoms. The number of nitrogens with zero attached hydrogens (tertiary/aromatic N) is 1. The molecule has 1 aromatic heterocycles. The van der Waals surface area contributed by atoms with Gasteiger partial charge in [0.25, 0.3) is 11.8 Å². The molecule has 0 aliphatic carbocycles. The zero-order chi connectivity index (χ0) is 23.2. The first kappa shape index (κ1) is 24.1. The minimum Gasteiger partial charge on any atom is -0.458 e. The zero-order valence-electron chi connectivity index (χ0n) is 19.0. The molecule has 2 amide bonds. The van der Waals surface area contributed by atoms with Gasteiger partial charge < -0.3 is 20.4 Å². The number of amides is 2. The Bertz CT molecular complexity index is 900. The van der Waals surface area contributed by atoms with Gasteiger partial charge in [0.1, 0.15) is 17.3 Å². The maximum Gasteiger partial charge on any atom is 0.329 e. The van der Waals surface area contributed by atoms with Gasteiger partial charge in [-0.05, 0) is 45.6 Å². The first-order valence-electron chi connectivity index (χ1n) is 10.4. The normalized spacial score (nSPS) is 13.4. The predicted molar refractivity (Wildman–Crippen MR) is 117 cm³/mol. The van der Waals surface area contributed by atoms with Crippen molar-refractivity contribution in [2.45, 2.75) is 65.6 Å². The van der Waals surface area contributed by atoms with E-state index < -0.39 is 29.4 Å². The fourth-order valence-electron chi connectivity index (χ4n) is 3.02. The summed E-state index contributed by atoms with van der Waals surface area (Å²) in [5, 5.41) is 5.53. The van der Waals surface area contributed by atoms with Crippen molar-refractivity contribution >= 4 is 17.8 Å². The van der Waals surface area contributed by atoms with Crippen LogP contribution in [-0.4, -0.2) is 39.4 Å². The molecule has 0 saturated carbocycles. The zero-order valence-corrected chi connectivity index (χ0v) is 19.0. The average Bonchev–Trinajstić information content (AvgIpc) is 3.16. The smallest absolute Gasteiger partial charge is 0.329 e. The molecule has 0 spiro atoms. The summed E-state index contributed by atoms with van der Waals surface area (Å²) in [4.78, 5) is 44.9. The second-order valence-corrected chi connectivity index (χ2v) is 8.92. The van der Waals surface area contributed by atoms with Crippen LogP contribution in [0.5, 0.6) is 0 Å². The highest BCUT2D eigenvalue weighted by Crippen LogP contribution is 2.15. The average molecular weight is 429 g/mol. The largest absolute Gasteiger partial charge is 0.458 e. The van der Waals surface area contributed by atoms with Gasteiger partial charge in [-0.2, -0.15) is 0 Å². The summed E-state index contributed by atoms with van der Waals surface area (Å²) in [5.74, 6) is -1.45. The van der Waals surface area contributed by atoms with Gasteiger partial charge in [0.05, 0.1) is 12.4 Å². The van der Waals surface area contributed by atoms with Gasteiger partial charge in [0.2, 0.25) is 0 Å². The van der Waals surface area contributed by atoms with E-state index in [0.29, 0.717) is 6.42 Å². The number of ether oxygens (including phenoxy) is 1. The van der Waals surface area contributed by atoms with Crippen LogP contribution in [0.25, 0.3) is 0 Å². The van der Waals surface area contributed by atoms with Crippen LogP contribution in [0.1, 0.15) is 80.5 Å². The Hall–Kier alpha value is -3.16. The Balaban J connectivity index is 2.13. The Morgan fingerprint density at radius 1 is 1.03 bits per heavy atom. The fourth-order valence-corrected chi connectivity index (χ4v) is 3.02. The van der Waals surface area contributed by atoms with Gasteiger partial charge in [-0.1, -0.05) is 44.2 Å². The van der Waals surface area contributed by atoms with E-state index in [0.717, 1.165) is 5.56 Å². The van der Waals surface area contributed by atoms with Crippen molar-refractivity contribution in [1.82, 2.24) is 20.6 Å². The summed E-state index contributed by atoms with van der Waals surface area (Å²) < 4.78 is 5.44. The number of carbonyl (C=O) groups excluding carboxylic acids is 3. The van der Waals surface area contributed by atoms with E-state index in [4.69, 9.17) is 4.74 Å². The fraction of sp³-hybridized carbons (Fsp3) is 0.478. The second-order valence-electron chi connectivity index (χ2n) is 8.92. The van der Waals surface area contributed by atoms with E-state index in [-0.39, 0.29) is 23.3 Å². The predicted octanol–water partition coefficient (Wildman–Crippen LogP) is 3.39. The van der Waals surface area contributed by atoms with Crippen LogP contribution in [0.4, 0.5) is 0 Å². The van der Waals surface area contributed by atoms with Crippen molar-refractivity contribution in [3.05, 3.63) is 53.6 Å². The molecule has 2 aromatic rings. The monoisotopic (exact) mass is 428 g/mol. The Kier molecular flexibility index (Phi) is 7.96. The molecule has 0 fully saturated rings. The second kappa shape index (κ2) is 10.2. The van der Waals surface area contributed by atoms with Crippen LogP contribution >= 0.6 is 0 Å². The molecule has 3 N–H and O–H groups in total. The molecule has 1 aromatic carbocycles. The lowest BCUT2D eigenvalue weighted by molar-refractivity contribution is -0.157. The van der Waals surface area contributed by atoms with Gasteiger partial charge in [-0.25, -0.2) is 9.78 Å². The van der Waals surface area contributed by atoms with Gasteiger partial charge in [-0.15, -0.1) is 0 Å². The summed E-state index contributed by atoms with van der Waals surface area (Å²) in [6, 6.07) is 8.37. The van der Waals surface area contributed by atoms with Crippen molar-refractivity contribution in [1.29, 1.82) is 0 Å². The molecule has 2 atom stereocenters. The number of hydrogen-bond donors (Lipinski definition) is 3. The van der Waals surface area contributed by atoms with Crippen molar-refractivity contribution in [3.8, 4) is 0 Å². The third-order valence-corrected chi connectivity index (χ3v) is 4.43. The number of esters is 1. The van der Waals surface area contributed by atoms with Gasteiger partial charge in [0.15, 0.2) is 5.69 Å². The molecular weight excluding hydrogens is 396 g/mol. The topological polar surface area (TPSA) is 113 Å². The van der Waals surface area contributed by atoms with E-state index in [9.17, 15) is 14.4 Å². The van der Waals surface area contributed by atoms with E-state index in [1.165, 1.54) is 6.33 Å². The number of aromatic nitrogens is 2. The lowest BCUT2D eigenvalue weighted by Gasteiger charge is -2.25. The summed E-state index contributed by atoms with van der Waals surface area (Å²) in [7, 11) is 0. The highest BCUT2D eigenvalue weighted by atomic mass is 16.6. The van der Waals surface area contributed by atoms with E-state index in [1.807, 2.05) is 51.1 Å². The van der Waals surface area contributed by atoms with Gasteiger partial charge >= 0.3 is 5.97 Å². The molecule has 8 nitrogen and oxygen atoms in total. The summed E-state index contributed by atoms with van der Waals surface area (Å²) in [5.41, 5.74) is 0.214. The molecule has 0 radical (unpaired) electrons. The number of carbonyl (C=O) groups is 3. The van der Waals surface area contributed by atoms with Crippen molar-refractivity contribution in [3.63, 3.8) is 0 Å². The summed E-state index contributed by atoms with van der Waals surface area (Å²) >= 11 is 0. The third-order valence-electron chi connectivity index (χ3n) is 4.43. The summed E-state index contributed by atoms with van der Waals surface area (Å²) in [6.07, 6.45) is 1.68. The van der Waals surface area contributed by atoms with Crippen LogP contribution < -0.4 is 10.6 Å². The molecule has 0 bridgehead atoms. The van der Waals surface area contributed by atoms with Crippen LogP contribution in [0.3, 0.4) is 0 Å². The Morgan fingerprint density at radius 3 is 2.26 bits per heavy atom. The molecule has 0 aliphatic heterocycles. The van der Waals surface area contributed by atoms with Crippen molar-refractivity contribution < 1.29 is 19.1 Å². The number of imidazole rings is 1. The van der Waals surface area contributed by atoms with Crippen molar-refractivity contribution in [2.75, 3.05) is 0 Å². The highest BCUT2D eigenvalue weighted by Gasteiger charge is 2.30. The van der Waals surface area contributed by atoms with Crippen LogP contribution in [0.2, 0.25) is 0 Å². The maximum atomic E-state index is 12.9. The van der Waals surface area contributed by atoms with E-state index >= 15 is 0 Å². The lowest BCUT2D eigenvalue weighted by Crippen LogP contribution is -2.45. The molecular formula is C23H32N4O4. The van der Waals surface area contributed by atoms with Gasteiger partial charge in [-0.3, -0.25) is 9.59 Å². The van der Waals surface area contributed by atoms with Crippen LogP contribution in [0.15, 0.2) is 36.7 Å². The molecule has 2 rings (SSSR count). The minimum atomic E-state index is -0.839. The molecule has 0 aliphatic rings. The van der Waals surface area contributed by atoms with Crippen LogP contribution in [-0.2, 0) is 9.53 Å². The molecule has 31 heavy (non-hydrogen) atoms. The molecule has 1 heterocycles. The third kappa shape index (κ3) is 7.24. The first-order chi connectivity index (χ1) is 14.5. The summed E-state index contributed by atoms with van der Waals surface area (Å²) in [6.45, 7) is 11.0. The molecule has 168 valence electrons. The van der Waals surface area contributed by atoms with Crippen LogP contribution in [0, 0.1) is 5.92 Å². The van der Waals surface area contributed by atoms with E-state index in [2.05, 4.69) is 20.6 Å². The quantitative estimate of drug-likeness (QED) is 0.558.